The van der Waals surface area contributed by atoms with Crippen molar-refractivity contribution in [2.75, 3.05) is 18.5 Å². The number of pyridine rings is 1. The molecular weight excluding hydrogens is 430 g/mol. The summed E-state index contributed by atoms with van der Waals surface area (Å²) in [5.74, 6) is 0.416. The van der Waals surface area contributed by atoms with Crippen LogP contribution in [0, 0.1) is 0 Å². The normalized spacial score (nSPS) is 15.3. The summed E-state index contributed by atoms with van der Waals surface area (Å²) < 4.78 is 11.2. The van der Waals surface area contributed by atoms with Crippen molar-refractivity contribution in [3.63, 3.8) is 0 Å². The Morgan fingerprint density at radius 3 is 2.50 bits per heavy atom. The van der Waals surface area contributed by atoms with E-state index in [2.05, 4.69) is 10.3 Å². The van der Waals surface area contributed by atoms with Crippen LogP contribution < -0.4 is 14.8 Å². The number of halogens is 1. The molecule has 0 atom stereocenters. The Labute approximate surface area is 189 Å². The van der Waals surface area contributed by atoms with E-state index in [0.29, 0.717) is 41.0 Å². The van der Waals surface area contributed by atoms with Gasteiger partial charge in [0, 0.05) is 29.2 Å². The first kappa shape index (κ1) is 20.1. The number of benzene rings is 2. The van der Waals surface area contributed by atoms with E-state index in [0.717, 1.165) is 5.56 Å². The lowest BCUT2D eigenvalue weighted by molar-refractivity contribution is -0.137. The van der Waals surface area contributed by atoms with Gasteiger partial charge in [0.25, 0.3) is 11.8 Å². The van der Waals surface area contributed by atoms with Crippen LogP contribution in [0.15, 0.2) is 72.7 Å². The molecule has 8 heteroatoms. The van der Waals surface area contributed by atoms with Crippen LogP contribution in [-0.2, 0) is 16.1 Å². The third kappa shape index (κ3) is 3.78. The Hall–Kier alpha value is -3.84. The molecule has 3 heterocycles. The molecule has 0 bridgehead atoms. The summed E-state index contributed by atoms with van der Waals surface area (Å²) >= 11 is 6.03. The summed E-state index contributed by atoms with van der Waals surface area (Å²) in [5, 5.41) is 3.67. The van der Waals surface area contributed by atoms with Crippen LogP contribution in [0.3, 0.4) is 0 Å². The molecule has 32 heavy (non-hydrogen) atoms. The molecule has 160 valence electrons. The number of carbonyl (C=O) groups excluding carboxylic acids is 2. The van der Waals surface area contributed by atoms with E-state index in [4.69, 9.17) is 21.1 Å². The molecular formula is C24H18ClN3O4. The molecule has 0 saturated carbocycles. The Bertz CT molecular complexity index is 1230. The third-order valence-electron chi connectivity index (χ3n) is 5.18. The van der Waals surface area contributed by atoms with Gasteiger partial charge in [-0.05, 0) is 41.5 Å². The first-order chi connectivity index (χ1) is 15.6. The summed E-state index contributed by atoms with van der Waals surface area (Å²) in [6, 6.07) is 15.7. The second-order valence-electron chi connectivity index (χ2n) is 7.30. The number of fused-ring (bicyclic) bond motifs is 1. The Morgan fingerprint density at radius 1 is 0.969 bits per heavy atom. The Kier molecular flexibility index (Phi) is 5.25. The average Bonchev–Trinajstić information content (AvgIpc) is 3.04. The Balaban J connectivity index is 1.52. The number of amides is 2. The van der Waals surface area contributed by atoms with Gasteiger partial charge in [0.2, 0.25) is 0 Å². The van der Waals surface area contributed by atoms with Gasteiger partial charge in [-0.15, -0.1) is 0 Å². The molecule has 0 fully saturated rings. The third-order valence-corrected chi connectivity index (χ3v) is 5.43. The molecule has 7 nitrogen and oxygen atoms in total. The maximum absolute atomic E-state index is 13.3. The summed E-state index contributed by atoms with van der Waals surface area (Å²) in [6.07, 6.45) is 3.28. The highest BCUT2D eigenvalue weighted by Gasteiger charge is 2.39. The number of aromatic nitrogens is 1. The second kappa shape index (κ2) is 8.36. The topological polar surface area (TPSA) is 80.8 Å². The molecule has 2 amide bonds. The summed E-state index contributed by atoms with van der Waals surface area (Å²) in [5.41, 5.74) is 2.44. The zero-order chi connectivity index (χ0) is 22.1. The number of ether oxygens (including phenoxy) is 2. The molecule has 2 aliphatic heterocycles. The van der Waals surface area contributed by atoms with Gasteiger partial charge in [0.05, 0.1) is 12.1 Å². The molecule has 2 aliphatic rings. The average molecular weight is 448 g/mol. The predicted molar refractivity (Wildman–Crippen MR) is 119 cm³/mol. The van der Waals surface area contributed by atoms with Crippen LogP contribution in [0.1, 0.15) is 11.1 Å². The van der Waals surface area contributed by atoms with Crippen molar-refractivity contribution < 1.29 is 19.1 Å². The highest BCUT2D eigenvalue weighted by atomic mass is 35.5. The highest BCUT2D eigenvalue weighted by Crippen LogP contribution is 2.36. The Morgan fingerprint density at radius 2 is 1.75 bits per heavy atom. The van der Waals surface area contributed by atoms with E-state index in [1.165, 1.54) is 4.90 Å². The molecule has 0 aliphatic carbocycles. The van der Waals surface area contributed by atoms with Crippen LogP contribution in [0.5, 0.6) is 11.5 Å². The number of imide groups is 1. The lowest BCUT2D eigenvalue weighted by Crippen LogP contribution is -2.32. The first-order valence-electron chi connectivity index (χ1n) is 10.0. The number of rotatable bonds is 5. The van der Waals surface area contributed by atoms with E-state index in [-0.39, 0.29) is 23.7 Å². The van der Waals surface area contributed by atoms with Crippen molar-refractivity contribution in [3.05, 3.63) is 88.8 Å². The number of nitrogens with one attached hydrogen (secondary N) is 1. The molecule has 0 unspecified atom stereocenters. The SMILES string of the molecule is O=C1C(Nc2ccc3c(c2)OCCO3)=C(c2ccc(Cl)cc2)C(=O)N1Cc1cccnc1. The van der Waals surface area contributed by atoms with Gasteiger partial charge in [0.1, 0.15) is 18.9 Å². The van der Waals surface area contributed by atoms with Crippen LogP contribution in [0.2, 0.25) is 5.02 Å². The highest BCUT2D eigenvalue weighted by molar-refractivity contribution is 6.36. The van der Waals surface area contributed by atoms with Crippen molar-refractivity contribution in [1.82, 2.24) is 9.88 Å². The standard InChI is InChI=1S/C24H18ClN3O4/c25-17-5-3-16(4-6-17)21-22(27-18-7-8-19-20(12-18)32-11-10-31-19)24(30)28(23(21)29)14-15-2-1-9-26-13-15/h1-9,12-13,27H,10-11,14H2. The fraction of sp³-hybridized carbons (Fsp3) is 0.125. The van der Waals surface area contributed by atoms with Gasteiger partial charge in [-0.25, -0.2) is 0 Å². The largest absolute Gasteiger partial charge is 0.486 e. The van der Waals surface area contributed by atoms with Gasteiger partial charge >= 0.3 is 0 Å². The first-order valence-corrected chi connectivity index (χ1v) is 10.4. The van der Waals surface area contributed by atoms with E-state index in [9.17, 15) is 9.59 Å². The van der Waals surface area contributed by atoms with Crippen LogP contribution in [0.4, 0.5) is 5.69 Å². The zero-order valence-corrected chi connectivity index (χ0v) is 17.6. The predicted octanol–water partition coefficient (Wildman–Crippen LogP) is 3.90. The monoisotopic (exact) mass is 447 g/mol. The number of nitrogens with zero attached hydrogens (tertiary/aromatic N) is 2. The molecule has 2 aromatic carbocycles. The van der Waals surface area contributed by atoms with Crippen LogP contribution >= 0.6 is 11.6 Å². The minimum Gasteiger partial charge on any atom is -0.486 e. The lowest BCUT2D eigenvalue weighted by Gasteiger charge is -2.19. The smallest absolute Gasteiger partial charge is 0.278 e. The van der Waals surface area contributed by atoms with Gasteiger partial charge in [-0.1, -0.05) is 29.8 Å². The molecule has 0 spiro atoms. The molecule has 1 N–H and O–H groups in total. The van der Waals surface area contributed by atoms with Gasteiger partial charge < -0.3 is 14.8 Å². The fourth-order valence-corrected chi connectivity index (χ4v) is 3.79. The van der Waals surface area contributed by atoms with Gasteiger partial charge in [0.15, 0.2) is 11.5 Å². The minimum absolute atomic E-state index is 0.120. The fourth-order valence-electron chi connectivity index (χ4n) is 3.66. The molecule has 1 aromatic heterocycles. The van der Waals surface area contributed by atoms with E-state index >= 15 is 0 Å². The molecule has 0 saturated heterocycles. The van der Waals surface area contributed by atoms with E-state index in [1.54, 1.807) is 60.9 Å². The van der Waals surface area contributed by atoms with Crippen LogP contribution in [0.25, 0.3) is 5.57 Å². The zero-order valence-electron chi connectivity index (χ0n) is 16.9. The summed E-state index contributed by atoms with van der Waals surface area (Å²) in [4.78, 5) is 32.0. The summed E-state index contributed by atoms with van der Waals surface area (Å²) in [6.45, 7) is 1.06. The van der Waals surface area contributed by atoms with Gasteiger partial charge in [-0.3, -0.25) is 19.5 Å². The number of anilines is 1. The second-order valence-corrected chi connectivity index (χ2v) is 7.73. The van der Waals surface area contributed by atoms with Crippen LogP contribution in [-0.4, -0.2) is 34.9 Å². The molecule has 3 aromatic rings. The summed E-state index contributed by atoms with van der Waals surface area (Å²) in [7, 11) is 0. The van der Waals surface area contributed by atoms with Crippen molar-refractivity contribution in [1.29, 1.82) is 0 Å². The van der Waals surface area contributed by atoms with Crippen molar-refractivity contribution >= 4 is 34.7 Å². The van der Waals surface area contributed by atoms with Crippen molar-refractivity contribution in [2.45, 2.75) is 6.54 Å². The van der Waals surface area contributed by atoms with E-state index in [1.807, 2.05) is 6.07 Å². The lowest BCUT2D eigenvalue weighted by atomic mass is 10.0. The molecule has 0 radical (unpaired) electrons. The quantitative estimate of drug-likeness (QED) is 0.597. The van der Waals surface area contributed by atoms with Crippen molar-refractivity contribution in [2.24, 2.45) is 0 Å². The minimum atomic E-state index is -0.418. The van der Waals surface area contributed by atoms with E-state index < -0.39 is 5.91 Å². The number of carbonyl (C=O) groups is 2. The van der Waals surface area contributed by atoms with Gasteiger partial charge in [-0.2, -0.15) is 0 Å². The molecule has 5 rings (SSSR count). The maximum atomic E-state index is 13.3. The maximum Gasteiger partial charge on any atom is 0.278 e. The van der Waals surface area contributed by atoms with Crippen molar-refractivity contribution in [3.8, 4) is 11.5 Å². The number of hydrogen-bond acceptors (Lipinski definition) is 6. The number of hydrogen-bond donors (Lipinski definition) is 1.